The van der Waals surface area contributed by atoms with Gasteiger partial charge in [0.05, 0.1) is 13.2 Å². The van der Waals surface area contributed by atoms with E-state index in [4.69, 9.17) is 9.47 Å². The van der Waals surface area contributed by atoms with Gasteiger partial charge in [0, 0.05) is 24.9 Å². The summed E-state index contributed by atoms with van der Waals surface area (Å²) in [5.41, 5.74) is 0.859. The van der Waals surface area contributed by atoms with Gasteiger partial charge in [-0.1, -0.05) is 0 Å². The van der Waals surface area contributed by atoms with Crippen molar-refractivity contribution >= 4 is 5.69 Å². The molecule has 4 heteroatoms. The molecule has 94 valence electrons. The Kier molecular flexibility index (Phi) is 4.20. The van der Waals surface area contributed by atoms with Crippen LogP contribution in [0.2, 0.25) is 0 Å². The number of methoxy groups -OCH3 is 1. The van der Waals surface area contributed by atoms with Crippen LogP contribution in [-0.2, 0) is 4.74 Å². The van der Waals surface area contributed by atoms with E-state index >= 15 is 0 Å². The minimum Gasteiger partial charge on any atom is -0.494 e. The maximum Gasteiger partial charge on any atom is 0.165 e. The van der Waals surface area contributed by atoms with Gasteiger partial charge in [-0.25, -0.2) is 4.39 Å². The van der Waals surface area contributed by atoms with Gasteiger partial charge in [-0.3, -0.25) is 0 Å². The van der Waals surface area contributed by atoms with Crippen molar-refractivity contribution in [3.63, 3.8) is 0 Å². The Labute approximate surface area is 101 Å². The Balaban J connectivity index is 1.89. The predicted octanol–water partition coefficient (Wildman–Crippen LogP) is 2.82. The number of halogens is 1. The number of benzene rings is 1. The molecule has 1 unspecified atom stereocenters. The standard InChI is InChI=1S/C13H18FNO2/c1-16-13-8-10(5-6-12(13)14)15-9-11-4-2-3-7-17-11/h5-6,8,11,15H,2-4,7,9H2,1H3. The summed E-state index contributed by atoms with van der Waals surface area (Å²) in [5.74, 6) is -0.0773. The zero-order chi connectivity index (χ0) is 12.1. The molecule has 1 saturated heterocycles. The third-order valence-corrected chi connectivity index (χ3v) is 2.96. The highest BCUT2D eigenvalue weighted by atomic mass is 19.1. The Bertz CT molecular complexity index is 364. The fraction of sp³-hybridized carbons (Fsp3) is 0.538. The highest BCUT2D eigenvalue weighted by Crippen LogP contribution is 2.22. The zero-order valence-electron chi connectivity index (χ0n) is 10.0. The van der Waals surface area contributed by atoms with Crippen molar-refractivity contribution in [1.82, 2.24) is 0 Å². The molecule has 1 N–H and O–H groups in total. The number of hydrogen-bond acceptors (Lipinski definition) is 3. The fourth-order valence-electron chi connectivity index (χ4n) is 1.97. The van der Waals surface area contributed by atoms with E-state index in [9.17, 15) is 4.39 Å². The number of anilines is 1. The summed E-state index contributed by atoms with van der Waals surface area (Å²) in [4.78, 5) is 0. The first-order valence-corrected chi connectivity index (χ1v) is 5.98. The average Bonchev–Trinajstić information content (AvgIpc) is 2.39. The monoisotopic (exact) mass is 239 g/mol. The molecule has 3 nitrogen and oxygen atoms in total. The lowest BCUT2D eigenvalue weighted by Gasteiger charge is -2.23. The maximum atomic E-state index is 13.2. The molecule has 1 atom stereocenters. The molecule has 0 aliphatic carbocycles. The van der Waals surface area contributed by atoms with Gasteiger partial charge >= 0.3 is 0 Å². The predicted molar refractivity (Wildman–Crippen MR) is 65.0 cm³/mol. The van der Waals surface area contributed by atoms with Gasteiger partial charge in [0.15, 0.2) is 11.6 Å². The lowest BCUT2D eigenvalue weighted by atomic mass is 10.1. The maximum absolute atomic E-state index is 13.2. The first-order valence-electron chi connectivity index (χ1n) is 5.98. The van der Waals surface area contributed by atoms with Crippen LogP contribution in [0.4, 0.5) is 10.1 Å². The third kappa shape index (κ3) is 3.33. The summed E-state index contributed by atoms with van der Waals surface area (Å²) in [5, 5.41) is 3.24. The van der Waals surface area contributed by atoms with Crippen LogP contribution in [0.5, 0.6) is 5.75 Å². The summed E-state index contributed by atoms with van der Waals surface area (Å²) < 4.78 is 23.7. The van der Waals surface area contributed by atoms with Crippen LogP contribution in [0.1, 0.15) is 19.3 Å². The third-order valence-electron chi connectivity index (χ3n) is 2.96. The molecular weight excluding hydrogens is 221 g/mol. The Morgan fingerprint density at radius 2 is 2.35 bits per heavy atom. The summed E-state index contributed by atoms with van der Waals surface area (Å²) in [6.07, 6.45) is 3.73. The zero-order valence-corrected chi connectivity index (χ0v) is 10.0. The Morgan fingerprint density at radius 3 is 3.06 bits per heavy atom. The van der Waals surface area contributed by atoms with Crippen LogP contribution >= 0.6 is 0 Å². The quantitative estimate of drug-likeness (QED) is 0.876. The first-order chi connectivity index (χ1) is 8.29. The van der Waals surface area contributed by atoms with Gasteiger partial charge in [0.25, 0.3) is 0 Å². The second kappa shape index (κ2) is 5.87. The Hall–Kier alpha value is -1.29. The summed E-state index contributed by atoms with van der Waals surface area (Å²) in [7, 11) is 1.46. The van der Waals surface area contributed by atoms with Gasteiger partial charge in [-0.15, -0.1) is 0 Å². The lowest BCUT2D eigenvalue weighted by molar-refractivity contribution is 0.0247. The van der Waals surface area contributed by atoms with E-state index in [1.54, 1.807) is 12.1 Å². The number of nitrogens with one attached hydrogen (secondary N) is 1. The van der Waals surface area contributed by atoms with E-state index in [1.165, 1.54) is 19.6 Å². The molecule has 1 fully saturated rings. The van der Waals surface area contributed by atoms with E-state index in [2.05, 4.69) is 5.32 Å². The van der Waals surface area contributed by atoms with Crippen LogP contribution in [0.25, 0.3) is 0 Å². The molecule has 0 radical (unpaired) electrons. The second-order valence-corrected chi connectivity index (χ2v) is 4.22. The van der Waals surface area contributed by atoms with E-state index in [-0.39, 0.29) is 17.7 Å². The molecule has 0 spiro atoms. The molecule has 1 aromatic carbocycles. The van der Waals surface area contributed by atoms with Crippen molar-refractivity contribution in [1.29, 1.82) is 0 Å². The van der Waals surface area contributed by atoms with Gasteiger partial charge < -0.3 is 14.8 Å². The molecule has 1 aliphatic rings. The van der Waals surface area contributed by atoms with Crippen LogP contribution in [0.15, 0.2) is 18.2 Å². The van der Waals surface area contributed by atoms with E-state index in [0.717, 1.165) is 31.7 Å². The number of ether oxygens (including phenoxy) is 2. The topological polar surface area (TPSA) is 30.5 Å². The van der Waals surface area contributed by atoms with Crippen LogP contribution in [0, 0.1) is 5.82 Å². The Morgan fingerprint density at radius 1 is 1.47 bits per heavy atom. The molecule has 0 amide bonds. The van der Waals surface area contributed by atoms with E-state index in [1.807, 2.05) is 0 Å². The van der Waals surface area contributed by atoms with E-state index in [0.29, 0.717) is 0 Å². The van der Waals surface area contributed by atoms with Gasteiger partial charge in [0.1, 0.15) is 0 Å². The normalized spacial score (nSPS) is 20.0. The van der Waals surface area contributed by atoms with Crippen LogP contribution in [-0.4, -0.2) is 26.4 Å². The van der Waals surface area contributed by atoms with Crippen molar-refractivity contribution < 1.29 is 13.9 Å². The summed E-state index contributed by atoms with van der Waals surface area (Å²) >= 11 is 0. The smallest absolute Gasteiger partial charge is 0.165 e. The van der Waals surface area contributed by atoms with Crippen LogP contribution in [0.3, 0.4) is 0 Å². The molecule has 2 rings (SSSR count). The van der Waals surface area contributed by atoms with Crippen molar-refractivity contribution in [2.75, 3.05) is 25.6 Å². The molecule has 0 aromatic heterocycles. The van der Waals surface area contributed by atoms with E-state index < -0.39 is 0 Å². The minimum atomic E-state index is -0.341. The molecular formula is C13H18FNO2. The number of rotatable bonds is 4. The summed E-state index contributed by atoms with van der Waals surface area (Å²) in [6, 6.07) is 4.78. The molecule has 17 heavy (non-hydrogen) atoms. The average molecular weight is 239 g/mol. The van der Waals surface area contributed by atoms with Crippen molar-refractivity contribution in [3.05, 3.63) is 24.0 Å². The van der Waals surface area contributed by atoms with Gasteiger partial charge in [-0.2, -0.15) is 0 Å². The fourth-order valence-corrected chi connectivity index (χ4v) is 1.97. The van der Waals surface area contributed by atoms with Crippen molar-refractivity contribution in [2.24, 2.45) is 0 Å². The molecule has 1 heterocycles. The highest BCUT2D eigenvalue weighted by molar-refractivity contribution is 5.48. The van der Waals surface area contributed by atoms with Crippen molar-refractivity contribution in [3.8, 4) is 5.75 Å². The van der Waals surface area contributed by atoms with Crippen LogP contribution < -0.4 is 10.1 Å². The minimum absolute atomic E-state index is 0.263. The molecule has 0 bridgehead atoms. The number of hydrogen-bond donors (Lipinski definition) is 1. The lowest BCUT2D eigenvalue weighted by Crippen LogP contribution is -2.26. The summed E-state index contributed by atoms with van der Waals surface area (Å²) in [6.45, 7) is 1.61. The second-order valence-electron chi connectivity index (χ2n) is 4.22. The molecule has 1 aromatic rings. The van der Waals surface area contributed by atoms with Crippen molar-refractivity contribution in [2.45, 2.75) is 25.4 Å². The SMILES string of the molecule is COc1cc(NCC2CCCCO2)ccc1F. The van der Waals surface area contributed by atoms with Gasteiger partial charge in [0.2, 0.25) is 0 Å². The van der Waals surface area contributed by atoms with Gasteiger partial charge in [-0.05, 0) is 31.4 Å². The largest absolute Gasteiger partial charge is 0.494 e. The molecule has 1 aliphatic heterocycles. The molecule has 0 saturated carbocycles. The first kappa shape index (κ1) is 12.2. The highest BCUT2D eigenvalue weighted by Gasteiger charge is 2.13.